The molecule has 4 rings (SSSR count). The molecule has 0 bridgehead atoms. The van der Waals surface area contributed by atoms with Gasteiger partial charge < -0.3 is 10.1 Å². The number of rotatable bonds is 6. The van der Waals surface area contributed by atoms with Gasteiger partial charge >= 0.3 is 0 Å². The zero-order valence-corrected chi connectivity index (χ0v) is 15.3. The van der Waals surface area contributed by atoms with Crippen LogP contribution in [0.2, 0.25) is 0 Å². The number of anilines is 1. The zero-order valence-electron chi connectivity index (χ0n) is 14.5. The maximum Gasteiger partial charge on any atom is 0.230 e. The van der Waals surface area contributed by atoms with Gasteiger partial charge in [-0.1, -0.05) is 36.4 Å². The fourth-order valence-electron chi connectivity index (χ4n) is 2.72. The lowest BCUT2D eigenvalue weighted by Gasteiger charge is -2.07. The van der Waals surface area contributed by atoms with Crippen molar-refractivity contribution in [2.24, 2.45) is 0 Å². The van der Waals surface area contributed by atoms with E-state index in [4.69, 9.17) is 4.74 Å². The van der Waals surface area contributed by atoms with Gasteiger partial charge in [0.1, 0.15) is 17.4 Å². The Bertz CT molecular complexity index is 1060. The molecule has 134 valence electrons. The number of carbonyl (C=O) groups is 1. The van der Waals surface area contributed by atoms with Crippen LogP contribution in [0.3, 0.4) is 0 Å². The van der Waals surface area contributed by atoms with E-state index in [1.54, 1.807) is 6.20 Å². The molecular formula is C21H17N3O2S. The number of amides is 1. The third kappa shape index (κ3) is 4.30. The summed E-state index contributed by atoms with van der Waals surface area (Å²) in [6.45, 7) is 0.392. The fourth-order valence-corrected chi connectivity index (χ4v) is 3.43. The van der Waals surface area contributed by atoms with Crippen molar-refractivity contribution in [3.8, 4) is 5.75 Å². The van der Waals surface area contributed by atoms with Crippen molar-refractivity contribution in [3.05, 3.63) is 82.9 Å². The Morgan fingerprint density at radius 1 is 1.04 bits per heavy atom. The molecule has 0 unspecified atom stereocenters. The van der Waals surface area contributed by atoms with Crippen LogP contribution in [0.25, 0.3) is 10.9 Å². The van der Waals surface area contributed by atoms with Crippen molar-refractivity contribution >= 4 is 33.8 Å². The van der Waals surface area contributed by atoms with Gasteiger partial charge in [-0.3, -0.25) is 9.78 Å². The number of hydrogen-bond acceptors (Lipinski definition) is 5. The quantitative estimate of drug-likeness (QED) is 0.541. The summed E-state index contributed by atoms with van der Waals surface area (Å²) in [5, 5.41) is 6.66. The van der Waals surface area contributed by atoms with Gasteiger partial charge in [-0.2, -0.15) is 0 Å². The van der Waals surface area contributed by atoms with E-state index in [9.17, 15) is 4.79 Å². The van der Waals surface area contributed by atoms with E-state index in [0.29, 0.717) is 12.3 Å². The first-order valence-electron chi connectivity index (χ1n) is 8.53. The summed E-state index contributed by atoms with van der Waals surface area (Å²) in [6, 6.07) is 19.2. The zero-order chi connectivity index (χ0) is 18.5. The number of carbonyl (C=O) groups excluding carboxylic acids is 1. The van der Waals surface area contributed by atoms with Crippen molar-refractivity contribution < 1.29 is 9.53 Å². The van der Waals surface area contributed by atoms with Crippen LogP contribution in [-0.4, -0.2) is 15.9 Å². The molecule has 0 spiro atoms. The molecule has 2 heterocycles. The van der Waals surface area contributed by atoms with Gasteiger partial charge in [0.15, 0.2) is 0 Å². The first kappa shape index (κ1) is 17.2. The lowest BCUT2D eigenvalue weighted by molar-refractivity contribution is -0.115. The second kappa shape index (κ2) is 7.97. The van der Waals surface area contributed by atoms with E-state index < -0.39 is 0 Å². The van der Waals surface area contributed by atoms with E-state index in [1.807, 2.05) is 66.0 Å². The SMILES string of the molecule is O=C(Cc1csc(COc2ccccc2)n1)Nc1cccc2cccnc12. The van der Waals surface area contributed by atoms with Gasteiger partial charge in [0, 0.05) is 17.0 Å². The molecule has 0 saturated carbocycles. The Morgan fingerprint density at radius 2 is 1.89 bits per heavy atom. The normalized spacial score (nSPS) is 10.7. The number of benzene rings is 2. The van der Waals surface area contributed by atoms with Crippen LogP contribution in [0, 0.1) is 0 Å². The molecule has 0 saturated heterocycles. The van der Waals surface area contributed by atoms with Gasteiger partial charge in [0.05, 0.1) is 23.3 Å². The molecular weight excluding hydrogens is 358 g/mol. The molecule has 1 amide bonds. The monoisotopic (exact) mass is 375 g/mol. The molecule has 4 aromatic rings. The standard InChI is InChI=1S/C21H17N3O2S/c25-19(24-18-10-4-6-15-7-5-11-22-21(15)18)12-16-14-27-20(23-16)13-26-17-8-2-1-3-9-17/h1-11,14H,12-13H2,(H,24,25). The van der Waals surface area contributed by atoms with Crippen molar-refractivity contribution in [2.45, 2.75) is 13.0 Å². The van der Waals surface area contributed by atoms with Gasteiger partial charge in [0.25, 0.3) is 0 Å². The number of nitrogens with zero attached hydrogens (tertiary/aromatic N) is 2. The van der Waals surface area contributed by atoms with Gasteiger partial charge in [0.2, 0.25) is 5.91 Å². The number of ether oxygens (including phenoxy) is 1. The highest BCUT2D eigenvalue weighted by atomic mass is 32.1. The minimum absolute atomic E-state index is 0.117. The minimum Gasteiger partial charge on any atom is -0.486 e. The Hall–Kier alpha value is -3.25. The predicted molar refractivity (Wildman–Crippen MR) is 107 cm³/mol. The third-order valence-corrected chi connectivity index (χ3v) is 4.82. The van der Waals surface area contributed by atoms with Crippen LogP contribution in [0.1, 0.15) is 10.7 Å². The fraction of sp³-hybridized carbons (Fsp3) is 0.0952. The highest BCUT2D eigenvalue weighted by Crippen LogP contribution is 2.21. The first-order valence-corrected chi connectivity index (χ1v) is 9.40. The van der Waals surface area contributed by atoms with E-state index in [0.717, 1.165) is 27.4 Å². The van der Waals surface area contributed by atoms with Crippen LogP contribution in [0.4, 0.5) is 5.69 Å². The van der Waals surface area contributed by atoms with Crippen molar-refractivity contribution in [3.63, 3.8) is 0 Å². The Labute approximate surface area is 160 Å². The molecule has 0 aliphatic carbocycles. The largest absolute Gasteiger partial charge is 0.486 e. The molecule has 1 N–H and O–H groups in total. The summed E-state index contributed by atoms with van der Waals surface area (Å²) in [6.07, 6.45) is 1.93. The summed E-state index contributed by atoms with van der Waals surface area (Å²) < 4.78 is 5.69. The second-order valence-electron chi connectivity index (χ2n) is 5.94. The summed E-state index contributed by atoms with van der Waals surface area (Å²) in [5.41, 5.74) is 2.22. The molecule has 0 atom stereocenters. The highest BCUT2D eigenvalue weighted by molar-refractivity contribution is 7.09. The van der Waals surface area contributed by atoms with E-state index >= 15 is 0 Å². The van der Waals surface area contributed by atoms with E-state index in [1.165, 1.54) is 11.3 Å². The molecule has 2 aromatic heterocycles. The second-order valence-corrected chi connectivity index (χ2v) is 6.88. The smallest absolute Gasteiger partial charge is 0.230 e. The van der Waals surface area contributed by atoms with Crippen molar-refractivity contribution in [1.29, 1.82) is 0 Å². The Balaban J connectivity index is 1.38. The molecule has 27 heavy (non-hydrogen) atoms. The van der Waals surface area contributed by atoms with E-state index in [-0.39, 0.29) is 12.3 Å². The van der Waals surface area contributed by atoms with Gasteiger partial charge in [-0.15, -0.1) is 11.3 Å². The molecule has 0 fully saturated rings. The summed E-state index contributed by atoms with van der Waals surface area (Å²) in [5.74, 6) is 0.685. The number of aromatic nitrogens is 2. The van der Waals surface area contributed by atoms with Gasteiger partial charge in [-0.25, -0.2) is 4.98 Å². The van der Waals surface area contributed by atoms with Crippen LogP contribution in [0.15, 0.2) is 72.2 Å². The predicted octanol–water partition coefficient (Wildman–Crippen LogP) is 4.45. The maximum atomic E-state index is 12.4. The Kier molecular flexibility index (Phi) is 5.07. The summed E-state index contributed by atoms with van der Waals surface area (Å²) in [4.78, 5) is 21.2. The number of hydrogen-bond donors (Lipinski definition) is 1. The van der Waals surface area contributed by atoms with Crippen LogP contribution >= 0.6 is 11.3 Å². The number of fused-ring (bicyclic) bond motifs is 1. The lowest BCUT2D eigenvalue weighted by atomic mass is 10.2. The summed E-state index contributed by atoms with van der Waals surface area (Å²) in [7, 11) is 0. The minimum atomic E-state index is -0.117. The highest BCUT2D eigenvalue weighted by Gasteiger charge is 2.10. The van der Waals surface area contributed by atoms with Crippen molar-refractivity contribution in [1.82, 2.24) is 9.97 Å². The molecule has 0 aliphatic rings. The topological polar surface area (TPSA) is 64.1 Å². The Morgan fingerprint density at radius 3 is 2.78 bits per heavy atom. The molecule has 2 aromatic carbocycles. The molecule has 0 radical (unpaired) electrons. The molecule has 6 heteroatoms. The number of pyridine rings is 1. The average Bonchev–Trinajstić information content (AvgIpc) is 3.15. The van der Waals surface area contributed by atoms with Gasteiger partial charge in [-0.05, 0) is 24.3 Å². The third-order valence-electron chi connectivity index (χ3n) is 3.95. The molecule has 5 nitrogen and oxygen atoms in total. The van der Waals surface area contributed by atoms with Crippen molar-refractivity contribution in [2.75, 3.05) is 5.32 Å². The molecule has 0 aliphatic heterocycles. The van der Waals surface area contributed by atoms with Crippen LogP contribution in [-0.2, 0) is 17.8 Å². The number of para-hydroxylation sites is 2. The summed E-state index contributed by atoms with van der Waals surface area (Å²) >= 11 is 1.49. The van der Waals surface area contributed by atoms with Crippen LogP contribution < -0.4 is 10.1 Å². The average molecular weight is 375 g/mol. The maximum absolute atomic E-state index is 12.4. The number of nitrogens with one attached hydrogen (secondary N) is 1. The lowest BCUT2D eigenvalue weighted by Crippen LogP contribution is -2.15. The van der Waals surface area contributed by atoms with Crippen LogP contribution in [0.5, 0.6) is 5.75 Å². The number of thiazole rings is 1. The van der Waals surface area contributed by atoms with E-state index in [2.05, 4.69) is 15.3 Å². The first-order chi connectivity index (χ1) is 13.3.